The Hall–Kier alpha value is -2.71. The molecule has 0 saturated carbocycles. The zero-order chi connectivity index (χ0) is 19.8. The molecule has 0 aliphatic carbocycles. The normalized spacial score (nSPS) is 11.4. The second kappa shape index (κ2) is 7.13. The highest BCUT2D eigenvalue weighted by Crippen LogP contribution is 2.31. The lowest BCUT2D eigenvalue weighted by Gasteiger charge is -2.09. The van der Waals surface area contributed by atoms with Crippen molar-refractivity contribution in [2.45, 2.75) is 6.18 Å². The summed E-state index contributed by atoms with van der Waals surface area (Å²) in [5.74, 6) is -0.449. The minimum absolute atomic E-state index is 0.201. The molecule has 0 fully saturated rings. The number of amides is 1. The molecule has 0 aliphatic rings. The van der Waals surface area contributed by atoms with Crippen LogP contribution in [-0.4, -0.2) is 15.7 Å². The highest BCUT2D eigenvalue weighted by atomic mass is 35.5. The van der Waals surface area contributed by atoms with Crippen molar-refractivity contribution >= 4 is 40.5 Å². The van der Waals surface area contributed by atoms with Gasteiger partial charge in [-0.2, -0.15) is 18.3 Å². The number of nitrogens with zero attached hydrogens (tertiary/aromatic N) is 2. The molecular formula is C17H11Cl2F3N4O. The number of anilines is 2. The van der Waals surface area contributed by atoms with Crippen LogP contribution in [0.2, 0.25) is 10.0 Å². The number of aromatic nitrogens is 2. The smallest absolute Gasteiger partial charge is 0.396 e. The summed E-state index contributed by atoms with van der Waals surface area (Å²) in [4.78, 5) is 12.3. The van der Waals surface area contributed by atoms with E-state index in [1.165, 1.54) is 42.6 Å². The van der Waals surface area contributed by atoms with Crippen molar-refractivity contribution in [2.24, 2.45) is 0 Å². The van der Waals surface area contributed by atoms with E-state index in [2.05, 4.69) is 10.4 Å². The van der Waals surface area contributed by atoms with Crippen molar-refractivity contribution in [3.63, 3.8) is 0 Å². The van der Waals surface area contributed by atoms with Crippen LogP contribution in [0.15, 0.2) is 48.7 Å². The Morgan fingerprint density at radius 2 is 1.67 bits per heavy atom. The molecule has 3 aromatic rings. The summed E-state index contributed by atoms with van der Waals surface area (Å²) >= 11 is 11.8. The minimum atomic E-state index is -4.52. The molecule has 3 N–H and O–H groups in total. The van der Waals surface area contributed by atoms with E-state index in [-0.39, 0.29) is 21.3 Å². The SMILES string of the molecule is Nc1c(Cl)cc(NC(=O)c2ccc(-n3ccc(C(F)(F)F)n3)cc2)cc1Cl. The van der Waals surface area contributed by atoms with Gasteiger partial charge in [0.1, 0.15) is 0 Å². The van der Waals surface area contributed by atoms with Crippen LogP contribution in [-0.2, 0) is 6.18 Å². The molecule has 0 radical (unpaired) electrons. The summed E-state index contributed by atoms with van der Waals surface area (Å²) in [6, 6.07) is 9.65. The maximum absolute atomic E-state index is 12.6. The zero-order valence-electron chi connectivity index (χ0n) is 13.4. The number of benzene rings is 2. The van der Waals surface area contributed by atoms with Gasteiger partial charge in [-0.05, 0) is 42.5 Å². The van der Waals surface area contributed by atoms with E-state index in [1.54, 1.807) is 0 Å². The Bertz CT molecular complexity index is 977. The van der Waals surface area contributed by atoms with Crippen LogP contribution in [0.5, 0.6) is 0 Å². The summed E-state index contributed by atoms with van der Waals surface area (Å²) in [6.45, 7) is 0. The van der Waals surface area contributed by atoms with E-state index < -0.39 is 17.8 Å². The summed E-state index contributed by atoms with van der Waals surface area (Å²) in [5.41, 5.74) is 5.86. The summed E-state index contributed by atoms with van der Waals surface area (Å²) in [6.07, 6.45) is -3.33. The second-order valence-electron chi connectivity index (χ2n) is 5.50. The zero-order valence-corrected chi connectivity index (χ0v) is 14.9. The number of hydrogen-bond acceptors (Lipinski definition) is 3. The minimum Gasteiger partial charge on any atom is -0.396 e. The monoisotopic (exact) mass is 414 g/mol. The molecule has 0 atom stereocenters. The Balaban J connectivity index is 1.77. The lowest BCUT2D eigenvalue weighted by atomic mass is 10.2. The molecular weight excluding hydrogens is 404 g/mol. The van der Waals surface area contributed by atoms with E-state index in [1.807, 2.05) is 0 Å². The van der Waals surface area contributed by atoms with Gasteiger partial charge in [0.15, 0.2) is 5.69 Å². The number of carbonyl (C=O) groups is 1. The van der Waals surface area contributed by atoms with E-state index in [0.29, 0.717) is 11.4 Å². The number of nitrogens with one attached hydrogen (secondary N) is 1. The number of alkyl halides is 3. The molecule has 1 heterocycles. The largest absolute Gasteiger partial charge is 0.435 e. The molecule has 2 aromatic carbocycles. The van der Waals surface area contributed by atoms with Crippen molar-refractivity contribution in [3.05, 3.63) is 70.0 Å². The first-order chi connectivity index (χ1) is 12.6. The average Bonchev–Trinajstić information content (AvgIpc) is 3.10. The Kier molecular flexibility index (Phi) is 5.03. The molecule has 0 unspecified atom stereocenters. The standard InChI is InChI=1S/C17H11Cl2F3N4O/c18-12-7-10(8-13(19)15(12)23)24-16(27)9-1-3-11(4-2-9)26-6-5-14(25-26)17(20,21)22/h1-8H,23H2,(H,24,27). The number of nitrogen functional groups attached to an aromatic ring is 1. The van der Waals surface area contributed by atoms with Gasteiger partial charge < -0.3 is 11.1 Å². The topological polar surface area (TPSA) is 72.9 Å². The maximum Gasteiger partial charge on any atom is 0.435 e. The second-order valence-corrected chi connectivity index (χ2v) is 6.31. The Labute approximate surface area is 161 Å². The molecule has 0 spiro atoms. The van der Waals surface area contributed by atoms with Gasteiger partial charge in [-0.15, -0.1) is 0 Å². The van der Waals surface area contributed by atoms with Crippen molar-refractivity contribution in [1.82, 2.24) is 9.78 Å². The maximum atomic E-state index is 12.6. The molecule has 27 heavy (non-hydrogen) atoms. The van der Waals surface area contributed by atoms with E-state index in [0.717, 1.165) is 10.7 Å². The van der Waals surface area contributed by atoms with Crippen LogP contribution in [0.25, 0.3) is 5.69 Å². The highest BCUT2D eigenvalue weighted by molar-refractivity contribution is 6.39. The quantitative estimate of drug-likeness (QED) is 0.590. The summed E-state index contributed by atoms with van der Waals surface area (Å²) < 4.78 is 38.9. The molecule has 1 aromatic heterocycles. The van der Waals surface area contributed by atoms with E-state index >= 15 is 0 Å². The Morgan fingerprint density at radius 1 is 1.07 bits per heavy atom. The first-order valence-corrected chi connectivity index (χ1v) is 8.20. The molecule has 1 amide bonds. The lowest BCUT2D eigenvalue weighted by molar-refractivity contribution is -0.141. The van der Waals surface area contributed by atoms with Crippen molar-refractivity contribution in [2.75, 3.05) is 11.1 Å². The van der Waals surface area contributed by atoms with Crippen LogP contribution in [0, 0.1) is 0 Å². The molecule has 10 heteroatoms. The molecule has 0 bridgehead atoms. The van der Waals surface area contributed by atoms with Crippen molar-refractivity contribution in [1.29, 1.82) is 0 Å². The highest BCUT2D eigenvalue weighted by Gasteiger charge is 2.33. The fourth-order valence-corrected chi connectivity index (χ4v) is 2.73. The number of hydrogen-bond donors (Lipinski definition) is 2. The number of carbonyl (C=O) groups excluding carboxylic acids is 1. The molecule has 5 nitrogen and oxygen atoms in total. The Morgan fingerprint density at radius 3 is 2.19 bits per heavy atom. The van der Waals surface area contributed by atoms with Crippen LogP contribution in [0.3, 0.4) is 0 Å². The first kappa shape index (κ1) is 19.1. The van der Waals surface area contributed by atoms with Crippen LogP contribution in [0.4, 0.5) is 24.5 Å². The van der Waals surface area contributed by atoms with Gasteiger partial charge in [0, 0.05) is 17.4 Å². The van der Waals surface area contributed by atoms with Gasteiger partial charge >= 0.3 is 6.18 Å². The number of nitrogens with two attached hydrogens (primary N) is 1. The van der Waals surface area contributed by atoms with Gasteiger partial charge in [0.25, 0.3) is 5.91 Å². The third kappa shape index (κ3) is 4.17. The fourth-order valence-electron chi connectivity index (χ4n) is 2.24. The predicted molar refractivity (Wildman–Crippen MR) is 97.4 cm³/mol. The van der Waals surface area contributed by atoms with Crippen molar-refractivity contribution < 1.29 is 18.0 Å². The van der Waals surface area contributed by atoms with E-state index in [9.17, 15) is 18.0 Å². The summed E-state index contributed by atoms with van der Waals surface area (Å²) in [5, 5.41) is 6.49. The number of halogens is 5. The first-order valence-electron chi connectivity index (χ1n) is 7.44. The third-order valence-electron chi connectivity index (χ3n) is 3.61. The van der Waals surface area contributed by atoms with Crippen LogP contribution >= 0.6 is 23.2 Å². The molecule has 140 valence electrons. The van der Waals surface area contributed by atoms with Crippen molar-refractivity contribution in [3.8, 4) is 5.69 Å². The fraction of sp³-hybridized carbons (Fsp3) is 0.0588. The van der Waals surface area contributed by atoms with Crippen LogP contribution < -0.4 is 11.1 Å². The molecule has 0 aliphatic heterocycles. The van der Waals surface area contributed by atoms with Gasteiger partial charge in [0.05, 0.1) is 21.4 Å². The van der Waals surface area contributed by atoms with Crippen LogP contribution in [0.1, 0.15) is 16.1 Å². The average molecular weight is 415 g/mol. The molecule has 0 saturated heterocycles. The van der Waals surface area contributed by atoms with Gasteiger partial charge in [-0.1, -0.05) is 23.2 Å². The third-order valence-corrected chi connectivity index (χ3v) is 4.24. The number of rotatable bonds is 3. The van der Waals surface area contributed by atoms with Gasteiger partial charge in [-0.25, -0.2) is 4.68 Å². The van der Waals surface area contributed by atoms with E-state index in [4.69, 9.17) is 28.9 Å². The van der Waals surface area contributed by atoms with Gasteiger partial charge in [-0.3, -0.25) is 4.79 Å². The lowest BCUT2D eigenvalue weighted by Crippen LogP contribution is -2.12. The molecule has 3 rings (SSSR count). The summed E-state index contributed by atoms with van der Waals surface area (Å²) in [7, 11) is 0. The van der Waals surface area contributed by atoms with Gasteiger partial charge in [0.2, 0.25) is 0 Å². The predicted octanol–water partition coefficient (Wildman–Crippen LogP) is 5.03.